The fourth-order valence-corrected chi connectivity index (χ4v) is 3.69. The molecule has 0 unspecified atom stereocenters. The maximum absolute atomic E-state index is 12.8. The lowest BCUT2D eigenvalue weighted by molar-refractivity contribution is 0.0945. The first-order valence-corrected chi connectivity index (χ1v) is 10.1. The molecule has 0 bridgehead atoms. The first kappa shape index (κ1) is 20.2. The number of rotatable bonds is 6. The van der Waals surface area contributed by atoms with Gasteiger partial charge < -0.3 is 10.1 Å². The van der Waals surface area contributed by atoms with Crippen molar-refractivity contribution < 1.29 is 9.53 Å². The van der Waals surface area contributed by atoms with Gasteiger partial charge in [-0.1, -0.05) is 18.2 Å². The predicted octanol–water partition coefficient (Wildman–Crippen LogP) is 3.42. The number of nitrogens with zero attached hydrogens (tertiary/aromatic N) is 1. The summed E-state index contributed by atoms with van der Waals surface area (Å²) in [5.74, 6) is -0.269. The average molecular weight is 415 g/mol. The molecule has 0 aliphatic carbocycles. The van der Waals surface area contributed by atoms with Gasteiger partial charge in [-0.15, -0.1) is 11.3 Å². The summed E-state index contributed by atoms with van der Waals surface area (Å²) in [6, 6.07) is 13.5. The molecule has 3 rings (SSSR count). The van der Waals surface area contributed by atoms with Crippen LogP contribution in [0.4, 0.5) is 0 Å². The first-order valence-electron chi connectivity index (χ1n) is 8.88. The van der Waals surface area contributed by atoms with Gasteiger partial charge in [-0.3, -0.25) is 15.6 Å². The summed E-state index contributed by atoms with van der Waals surface area (Å²) >= 11 is 6.83. The molecule has 3 aromatic rings. The zero-order chi connectivity index (χ0) is 19.9. The summed E-state index contributed by atoms with van der Waals surface area (Å²) in [5.41, 5.74) is 7.51. The number of thiocarbonyl (C=S) groups is 1. The Morgan fingerprint density at radius 2 is 2.04 bits per heavy atom. The maximum Gasteiger partial charge on any atom is 0.270 e. The van der Waals surface area contributed by atoms with Gasteiger partial charge in [-0.25, -0.2) is 4.98 Å². The molecule has 0 aliphatic rings. The number of amides is 1. The minimum Gasteiger partial charge on any atom is -0.385 e. The molecular weight excluding hydrogens is 392 g/mol. The molecule has 146 valence electrons. The number of carbonyl (C=O) groups is 1. The van der Waals surface area contributed by atoms with E-state index in [1.54, 1.807) is 18.4 Å². The zero-order valence-corrected chi connectivity index (χ0v) is 17.4. The highest BCUT2D eigenvalue weighted by Crippen LogP contribution is 2.29. The number of thiophene rings is 1. The van der Waals surface area contributed by atoms with Crippen LogP contribution in [0.1, 0.15) is 21.7 Å². The van der Waals surface area contributed by atoms with Gasteiger partial charge in [0, 0.05) is 30.5 Å². The number of para-hydroxylation sites is 1. The number of hydrogen-bond donors (Lipinski definition) is 3. The normalized spacial score (nSPS) is 10.6. The molecule has 0 aliphatic heterocycles. The van der Waals surface area contributed by atoms with Crippen LogP contribution in [0.5, 0.6) is 0 Å². The maximum atomic E-state index is 12.8. The number of carbonyl (C=O) groups excluding carboxylic acids is 1. The Kier molecular flexibility index (Phi) is 6.91. The van der Waals surface area contributed by atoms with E-state index in [1.165, 1.54) is 4.88 Å². The number of aromatic nitrogens is 1. The number of pyridine rings is 1. The number of aryl methyl sites for hydroxylation is 1. The van der Waals surface area contributed by atoms with E-state index in [4.69, 9.17) is 21.9 Å². The predicted molar refractivity (Wildman–Crippen MR) is 117 cm³/mol. The van der Waals surface area contributed by atoms with Crippen molar-refractivity contribution in [2.45, 2.75) is 13.3 Å². The number of ether oxygens (including phenoxy) is 1. The van der Waals surface area contributed by atoms with Crippen LogP contribution in [0.3, 0.4) is 0 Å². The molecule has 0 radical (unpaired) electrons. The quantitative estimate of drug-likeness (QED) is 0.326. The topological polar surface area (TPSA) is 75.3 Å². The van der Waals surface area contributed by atoms with Crippen LogP contribution < -0.4 is 16.2 Å². The Hall–Kier alpha value is -2.55. The number of hydrazine groups is 1. The second-order valence-electron chi connectivity index (χ2n) is 6.16. The highest BCUT2D eigenvalue weighted by molar-refractivity contribution is 7.80. The summed E-state index contributed by atoms with van der Waals surface area (Å²) in [6.07, 6.45) is 0.824. The molecule has 0 spiro atoms. The Labute approximate surface area is 173 Å². The SMILES string of the molecule is COCCCNC(=S)NNC(=O)c1cc(-c2ccc(C)s2)nc2ccccc12. The van der Waals surface area contributed by atoms with Crippen molar-refractivity contribution in [2.75, 3.05) is 20.3 Å². The summed E-state index contributed by atoms with van der Waals surface area (Å²) in [7, 11) is 1.65. The van der Waals surface area contributed by atoms with Crippen LogP contribution >= 0.6 is 23.6 Å². The highest BCUT2D eigenvalue weighted by Gasteiger charge is 2.14. The summed E-state index contributed by atoms with van der Waals surface area (Å²) < 4.78 is 4.99. The van der Waals surface area contributed by atoms with Gasteiger partial charge in [0.15, 0.2) is 5.11 Å². The second-order valence-corrected chi connectivity index (χ2v) is 7.86. The van der Waals surface area contributed by atoms with Crippen molar-refractivity contribution in [2.24, 2.45) is 0 Å². The lowest BCUT2D eigenvalue weighted by atomic mass is 10.1. The van der Waals surface area contributed by atoms with Gasteiger partial charge in [0.1, 0.15) is 0 Å². The Balaban J connectivity index is 1.77. The van der Waals surface area contributed by atoms with Crippen LogP contribution in [0.15, 0.2) is 42.5 Å². The van der Waals surface area contributed by atoms with Gasteiger partial charge >= 0.3 is 0 Å². The third-order valence-electron chi connectivity index (χ3n) is 4.05. The van der Waals surface area contributed by atoms with Gasteiger partial charge in [-0.05, 0) is 49.8 Å². The van der Waals surface area contributed by atoms with Crippen LogP contribution in [0.2, 0.25) is 0 Å². The average Bonchev–Trinajstić information content (AvgIpc) is 3.15. The molecule has 0 saturated carbocycles. The molecule has 2 heterocycles. The molecule has 3 N–H and O–H groups in total. The van der Waals surface area contributed by atoms with E-state index in [9.17, 15) is 4.79 Å². The van der Waals surface area contributed by atoms with Crippen molar-refractivity contribution in [3.8, 4) is 10.6 Å². The molecule has 1 aromatic carbocycles. The van der Waals surface area contributed by atoms with Gasteiger partial charge in [0.05, 0.1) is 21.7 Å². The van der Waals surface area contributed by atoms with E-state index in [1.807, 2.05) is 49.4 Å². The van der Waals surface area contributed by atoms with Crippen LogP contribution in [0, 0.1) is 6.92 Å². The third kappa shape index (κ3) is 5.03. The summed E-state index contributed by atoms with van der Waals surface area (Å²) in [6.45, 7) is 3.36. The van der Waals surface area contributed by atoms with Crippen LogP contribution in [0.25, 0.3) is 21.5 Å². The van der Waals surface area contributed by atoms with Crippen molar-refractivity contribution in [3.05, 3.63) is 52.9 Å². The van der Waals surface area contributed by atoms with Gasteiger partial charge in [-0.2, -0.15) is 0 Å². The zero-order valence-electron chi connectivity index (χ0n) is 15.7. The molecule has 0 fully saturated rings. The number of hydrogen-bond acceptors (Lipinski definition) is 5. The highest BCUT2D eigenvalue weighted by atomic mass is 32.1. The molecule has 6 nitrogen and oxygen atoms in total. The Bertz CT molecular complexity index is 987. The standard InChI is InChI=1S/C20H22N4O2S2/c1-13-8-9-18(28-13)17-12-15(14-6-3-4-7-16(14)22-17)19(25)23-24-20(27)21-10-5-11-26-2/h3-4,6-9,12H,5,10-11H2,1-2H3,(H,23,25)(H2,21,24,27). The monoisotopic (exact) mass is 414 g/mol. The molecule has 1 amide bonds. The lowest BCUT2D eigenvalue weighted by Crippen LogP contribution is -2.47. The lowest BCUT2D eigenvalue weighted by Gasteiger charge is -2.13. The third-order valence-corrected chi connectivity index (χ3v) is 5.32. The molecule has 8 heteroatoms. The molecule has 2 aromatic heterocycles. The molecular formula is C20H22N4O2S2. The summed E-state index contributed by atoms with van der Waals surface area (Å²) in [5, 5.41) is 4.16. The minimum absolute atomic E-state index is 0.269. The van der Waals surface area contributed by atoms with Crippen molar-refractivity contribution in [3.63, 3.8) is 0 Å². The fraction of sp³-hybridized carbons (Fsp3) is 0.250. The number of methoxy groups -OCH3 is 1. The Morgan fingerprint density at radius 1 is 1.21 bits per heavy atom. The van der Waals surface area contributed by atoms with Gasteiger partial charge in [0.2, 0.25) is 0 Å². The van der Waals surface area contributed by atoms with E-state index in [0.29, 0.717) is 23.8 Å². The number of benzene rings is 1. The van der Waals surface area contributed by atoms with E-state index in [0.717, 1.165) is 27.9 Å². The van der Waals surface area contributed by atoms with Gasteiger partial charge in [0.25, 0.3) is 5.91 Å². The molecule has 0 atom stereocenters. The number of fused-ring (bicyclic) bond motifs is 1. The Morgan fingerprint density at radius 3 is 2.79 bits per heavy atom. The van der Waals surface area contributed by atoms with Crippen molar-refractivity contribution >= 4 is 45.5 Å². The first-order chi connectivity index (χ1) is 13.6. The van der Waals surface area contributed by atoms with Crippen LogP contribution in [-0.2, 0) is 4.74 Å². The van der Waals surface area contributed by atoms with E-state index < -0.39 is 0 Å². The van der Waals surface area contributed by atoms with E-state index in [2.05, 4.69) is 16.2 Å². The van der Waals surface area contributed by atoms with Crippen LogP contribution in [-0.4, -0.2) is 36.3 Å². The number of nitrogens with one attached hydrogen (secondary N) is 3. The smallest absolute Gasteiger partial charge is 0.270 e. The molecule has 28 heavy (non-hydrogen) atoms. The largest absolute Gasteiger partial charge is 0.385 e. The molecule has 0 saturated heterocycles. The fourth-order valence-electron chi connectivity index (χ4n) is 2.71. The second kappa shape index (κ2) is 9.59. The van der Waals surface area contributed by atoms with E-state index in [-0.39, 0.29) is 5.91 Å². The summed E-state index contributed by atoms with van der Waals surface area (Å²) in [4.78, 5) is 19.8. The van der Waals surface area contributed by atoms with E-state index >= 15 is 0 Å². The van der Waals surface area contributed by atoms with Crippen molar-refractivity contribution in [1.82, 2.24) is 21.2 Å². The van der Waals surface area contributed by atoms with Crippen molar-refractivity contribution in [1.29, 1.82) is 0 Å². The minimum atomic E-state index is -0.269.